The number of nitrogens with zero attached hydrogens (tertiary/aromatic N) is 2. The Labute approximate surface area is 145 Å². The monoisotopic (exact) mass is 346 g/mol. The Morgan fingerprint density at radius 1 is 1.24 bits per heavy atom. The molecule has 0 saturated heterocycles. The SMILES string of the molecule is CCOc1c(OC)cc(/C=N\Nc2nc(C)c(C)c(=O)[nH]2)cc1OC. The van der Waals surface area contributed by atoms with Gasteiger partial charge in [-0.3, -0.25) is 9.78 Å². The molecule has 0 aliphatic rings. The van der Waals surface area contributed by atoms with Crippen LogP contribution in [0.3, 0.4) is 0 Å². The molecule has 0 fully saturated rings. The summed E-state index contributed by atoms with van der Waals surface area (Å²) in [7, 11) is 3.11. The zero-order valence-corrected chi connectivity index (χ0v) is 15.0. The van der Waals surface area contributed by atoms with Gasteiger partial charge in [0.1, 0.15) is 0 Å². The fourth-order valence-corrected chi connectivity index (χ4v) is 2.13. The van der Waals surface area contributed by atoms with Crippen LogP contribution in [-0.4, -0.2) is 37.0 Å². The van der Waals surface area contributed by atoms with E-state index in [1.54, 1.807) is 46.4 Å². The number of anilines is 1. The van der Waals surface area contributed by atoms with Gasteiger partial charge in [-0.2, -0.15) is 5.10 Å². The lowest BCUT2D eigenvalue weighted by molar-refractivity contribution is 0.288. The summed E-state index contributed by atoms with van der Waals surface area (Å²) in [6.45, 7) is 5.86. The molecule has 134 valence electrons. The maximum Gasteiger partial charge on any atom is 0.255 e. The van der Waals surface area contributed by atoms with E-state index in [1.165, 1.54) is 0 Å². The minimum Gasteiger partial charge on any atom is -0.493 e. The van der Waals surface area contributed by atoms with E-state index >= 15 is 0 Å². The van der Waals surface area contributed by atoms with Gasteiger partial charge >= 0.3 is 0 Å². The van der Waals surface area contributed by atoms with Gasteiger partial charge in [-0.15, -0.1) is 0 Å². The number of rotatable bonds is 7. The summed E-state index contributed by atoms with van der Waals surface area (Å²) in [5.74, 6) is 1.90. The molecular formula is C17H22N4O4. The number of aromatic amines is 1. The minimum absolute atomic E-state index is 0.199. The minimum atomic E-state index is -0.199. The maximum absolute atomic E-state index is 11.7. The molecule has 2 aromatic rings. The van der Waals surface area contributed by atoms with Crippen molar-refractivity contribution in [3.8, 4) is 17.2 Å². The van der Waals surface area contributed by atoms with Gasteiger partial charge in [-0.05, 0) is 32.9 Å². The summed E-state index contributed by atoms with van der Waals surface area (Å²) in [5, 5.41) is 4.09. The first-order valence-corrected chi connectivity index (χ1v) is 7.75. The van der Waals surface area contributed by atoms with Crippen molar-refractivity contribution >= 4 is 12.2 Å². The van der Waals surface area contributed by atoms with E-state index in [4.69, 9.17) is 14.2 Å². The maximum atomic E-state index is 11.7. The summed E-state index contributed by atoms with van der Waals surface area (Å²) in [6, 6.07) is 3.55. The topological polar surface area (TPSA) is 97.8 Å². The van der Waals surface area contributed by atoms with Gasteiger partial charge in [0.2, 0.25) is 11.7 Å². The molecule has 25 heavy (non-hydrogen) atoms. The third kappa shape index (κ3) is 4.28. The van der Waals surface area contributed by atoms with Gasteiger partial charge in [0.25, 0.3) is 5.56 Å². The molecule has 0 saturated carbocycles. The van der Waals surface area contributed by atoms with E-state index in [1.807, 2.05) is 6.92 Å². The molecule has 0 atom stereocenters. The molecule has 0 spiro atoms. The average Bonchev–Trinajstić information content (AvgIpc) is 2.60. The van der Waals surface area contributed by atoms with Crippen molar-refractivity contribution in [2.24, 2.45) is 5.10 Å². The summed E-state index contributed by atoms with van der Waals surface area (Å²) in [6.07, 6.45) is 1.57. The molecule has 0 unspecified atom stereocenters. The van der Waals surface area contributed by atoms with E-state index in [0.29, 0.717) is 35.1 Å². The van der Waals surface area contributed by atoms with Crippen LogP contribution in [0.5, 0.6) is 17.2 Å². The van der Waals surface area contributed by atoms with Gasteiger partial charge in [0.05, 0.1) is 27.0 Å². The molecule has 8 heteroatoms. The Balaban J connectivity index is 2.25. The van der Waals surface area contributed by atoms with Gasteiger partial charge in [-0.25, -0.2) is 10.4 Å². The Morgan fingerprint density at radius 3 is 2.40 bits per heavy atom. The first-order valence-electron chi connectivity index (χ1n) is 7.75. The van der Waals surface area contributed by atoms with Crippen molar-refractivity contribution in [2.75, 3.05) is 26.3 Å². The van der Waals surface area contributed by atoms with E-state index in [0.717, 1.165) is 5.56 Å². The van der Waals surface area contributed by atoms with Crippen molar-refractivity contribution in [1.82, 2.24) is 9.97 Å². The van der Waals surface area contributed by atoms with E-state index in [9.17, 15) is 4.79 Å². The lowest BCUT2D eigenvalue weighted by Gasteiger charge is -2.14. The molecule has 0 radical (unpaired) electrons. The third-order valence-electron chi connectivity index (χ3n) is 3.55. The van der Waals surface area contributed by atoms with Crippen LogP contribution in [-0.2, 0) is 0 Å². The van der Waals surface area contributed by atoms with Crippen LogP contribution in [0.15, 0.2) is 22.0 Å². The van der Waals surface area contributed by atoms with Crippen LogP contribution < -0.4 is 25.2 Å². The second-order valence-corrected chi connectivity index (χ2v) is 5.18. The summed E-state index contributed by atoms with van der Waals surface area (Å²) >= 11 is 0. The molecule has 0 bridgehead atoms. The van der Waals surface area contributed by atoms with Crippen molar-refractivity contribution in [3.63, 3.8) is 0 Å². The van der Waals surface area contributed by atoms with Gasteiger partial charge in [0, 0.05) is 16.8 Å². The highest BCUT2D eigenvalue weighted by Crippen LogP contribution is 2.38. The highest BCUT2D eigenvalue weighted by atomic mass is 16.5. The Hall–Kier alpha value is -3.03. The highest BCUT2D eigenvalue weighted by Gasteiger charge is 2.13. The third-order valence-corrected chi connectivity index (χ3v) is 3.55. The summed E-state index contributed by atoms with van der Waals surface area (Å²) in [5.41, 5.74) is 4.46. The van der Waals surface area contributed by atoms with Crippen molar-refractivity contribution < 1.29 is 14.2 Å². The molecule has 1 heterocycles. The van der Waals surface area contributed by atoms with Gasteiger partial charge < -0.3 is 14.2 Å². The normalized spacial score (nSPS) is 10.8. The predicted molar refractivity (Wildman–Crippen MR) is 96.3 cm³/mol. The standard InChI is InChI=1S/C17H22N4O4/c1-6-25-15-13(23-4)7-12(8-14(15)24-5)9-18-21-17-19-11(3)10(2)16(22)20-17/h7-9H,6H2,1-5H3,(H2,19,20,21,22)/b18-9-. The first-order chi connectivity index (χ1) is 12.0. The zero-order valence-electron chi connectivity index (χ0n) is 15.0. The number of ether oxygens (including phenoxy) is 3. The quantitative estimate of drug-likeness (QED) is 0.589. The van der Waals surface area contributed by atoms with E-state index < -0.39 is 0 Å². The molecule has 0 aliphatic carbocycles. The van der Waals surface area contributed by atoms with Gasteiger partial charge in [0.15, 0.2) is 11.5 Å². The Morgan fingerprint density at radius 2 is 1.88 bits per heavy atom. The highest BCUT2D eigenvalue weighted by molar-refractivity contribution is 5.82. The number of H-pyrrole nitrogens is 1. The van der Waals surface area contributed by atoms with Crippen LogP contribution in [0.4, 0.5) is 5.95 Å². The lowest BCUT2D eigenvalue weighted by Crippen LogP contribution is -2.15. The second kappa shape index (κ2) is 8.18. The number of aryl methyl sites for hydroxylation is 1. The average molecular weight is 346 g/mol. The number of hydrogen-bond donors (Lipinski definition) is 2. The van der Waals surface area contributed by atoms with Crippen molar-refractivity contribution in [1.29, 1.82) is 0 Å². The molecule has 1 aromatic heterocycles. The lowest BCUT2D eigenvalue weighted by atomic mass is 10.2. The van der Waals surface area contributed by atoms with E-state index in [-0.39, 0.29) is 11.5 Å². The molecule has 1 aromatic carbocycles. The number of methoxy groups -OCH3 is 2. The van der Waals surface area contributed by atoms with E-state index in [2.05, 4.69) is 20.5 Å². The van der Waals surface area contributed by atoms with Crippen molar-refractivity contribution in [3.05, 3.63) is 39.3 Å². The first kappa shape index (κ1) is 18.3. The fourth-order valence-electron chi connectivity index (χ4n) is 2.13. The molecule has 2 N–H and O–H groups in total. The van der Waals surface area contributed by atoms with Crippen LogP contribution in [0.2, 0.25) is 0 Å². The number of hydrazone groups is 1. The smallest absolute Gasteiger partial charge is 0.255 e. The molecule has 0 amide bonds. The zero-order chi connectivity index (χ0) is 18.4. The molecule has 2 rings (SSSR count). The fraction of sp³-hybridized carbons (Fsp3) is 0.353. The molecule has 8 nitrogen and oxygen atoms in total. The number of hydrogen-bond acceptors (Lipinski definition) is 7. The summed E-state index contributed by atoms with van der Waals surface area (Å²) < 4.78 is 16.2. The van der Waals surface area contributed by atoms with Crippen LogP contribution in [0.25, 0.3) is 0 Å². The predicted octanol–water partition coefficient (Wildman–Crippen LogP) is 2.25. The van der Waals surface area contributed by atoms with Crippen LogP contribution in [0, 0.1) is 13.8 Å². The Bertz CT molecular complexity index is 805. The molecular weight excluding hydrogens is 324 g/mol. The Kier molecular flexibility index (Phi) is 5.99. The largest absolute Gasteiger partial charge is 0.493 e. The van der Waals surface area contributed by atoms with Gasteiger partial charge in [-0.1, -0.05) is 0 Å². The summed E-state index contributed by atoms with van der Waals surface area (Å²) in [4.78, 5) is 18.6. The number of aromatic nitrogens is 2. The number of benzene rings is 1. The molecule has 0 aliphatic heterocycles. The second-order valence-electron chi connectivity index (χ2n) is 5.18. The van der Waals surface area contributed by atoms with Crippen LogP contribution >= 0.6 is 0 Å². The number of nitrogens with one attached hydrogen (secondary N) is 2. The van der Waals surface area contributed by atoms with Crippen molar-refractivity contribution in [2.45, 2.75) is 20.8 Å². The van der Waals surface area contributed by atoms with Crippen LogP contribution in [0.1, 0.15) is 23.7 Å².